The molecule has 1 aliphatic rings. The molecule has 0 unspecified atom stereocenters. The molecule has 3 heteroatoms. The number of para-hydroxylation sites is 1. The number of nitrogens with zero attached hydrogens (tertiary/aromatic N) is 1. The first-order valence-corrected chi connectivity index (χ1v) is 6.16. The van der Waals surface area contributed by atoms with E-state index in [0.717, 1.165) is 38.0 Å². The molecule has 0 bridgehead atoms. The number of rotatable bonds is 3. The number of carbonyl (C=O) groups is 1. The second-order valence-electron chi connectivity index (χ2n) is 5.04. The van der Waals surface area contributed by atoms with Gasteiger partial charge >= 0.3 is 0 Å². The predicted octanol–water partition coefficient (Wildman–Crippen LogP) is 1.92. The second kappa shape index (κ2) is 4.88. The Hall–Kier alpha value is -1.35. The summed E-state index contributed by atoms with van der Waals surface area (Å²) in [6.45, 7) is 4.40. The van der Waals surface area contributed by atoms with Gasteiger partial charge in [-0.1, -0.05) is 25.1 Å². The normalized spacial score (nSPS) is 18.7. The van der Waals surface area contributed by atoms with Crippen molar-refractivity contribution in [3.8, 4) is 0 Å². The van der Waals surface area contributed by atoms with Crippen LogP contribution in [-0.4, -0.2) is 26.5 Å². The maximum Gasteiger partial charge on any atom is 0.213 e. The Labute approximate surface area is 103 Å². The Balaban J connectivity index is 2.39. The topological polar surface area (TPSA) is 32.3 Å². The summed E-state index contributed by atoms with van der Waals surface area (Å²) in [5.74, 6) is 0. The molecule has 0 spiro atoms. The molecule has 0 aromatic heterocycles. The largest absolute Gasteiger partial charge is 0.318 e. The number of nitrogens with one attached hydrogen (secondary N) is 1. The molecular formula is C14H20N2O. The van der Waals surface area contributed by atoms with Gasteiger partial charge in [0, 0.05) is 12.7 Å². The summed E-state index contributed by atoms with van der Waals surface area (Å²) in [7, 11) is 1.82. The smallest absolute Gasteiger partial charge is 0.213 e. The highest BCUT2D eigenvalue weighted by atomic mass is 16.1. The van der Waals surface area contributed by atoms with Crippen molar-refractivity contribution in [3.05, 3.63) is 29.8 Å². The number of benzene rings is 1. The minimum atomic E-state index is 0.180. The number of hydrogen-bond donors (Lipinski definition) is 1. The van der Waals surface area contributed by atoms with E-state index < -0.39 is 0 Å². The Morgan fingerprint density at radius 2 is 1.94 bits per heavy atom. The third kappa shape index (κ3) is 2.34. The lowest BCUT2D eigenvalue weighted by molar-refractivity contribution is -0.107. The van der Waals surface area contributed by atoms with Gasteiger partial charge in [-0.2, -0.15) is 0 Å². The molecule has 0 atom stereocenters. The summed E-state index contributed by atoms with van der Waals surface area (Å²) in [5, 5.41) is 3.39. The summed E-state index contributed by atoms with van der Waals surface area (Å²) in [6, 6.07) is 8.23. The van der Waals surface area contributed by atoms with Crippen LogP contribution in [0, 0.1) is 0 Å². The number of carbonyl (C=O) groups excluding carboxylic acids is 1. The minimum Gasteiger partial charge on any atom is -0.318 e. The molecular weight excluding hydrogens is 212 g/mol. The van der Waals surface area contributed by atoms with Crippen LogP contribution in [0.25, 0.3) is 0 Å². The highest BCUT2D eigenvalue weighted by Crippen LogP contribution is 2.37. The van der Waals surface area contributed by atoms with Gasteiger partial charge in [-0.3, -0.25) is 4.79 Å². The van der Waals surface area contributed by atoms with Crippen molar-refractivity contribution >= 4 is 12.1 Å². The lowest BCUT2D eigenvalue weighted by Crippen LogP contribution is -2.38. The van der Waals surface area contributed by atoms with E-state index in [2.05, 4.69) is 24.4 Å². The number of anilines is 1. The molecule has 1 saturated heterocycles. The SMILES string of the molecule is CN(C=O)c1ccccc1C1(C)CCNCC1. The first kappa shape index (κ1) is 12.1. The molecule has 1 aromatic rings. The van der Waals surface area contributed by atoms with Crippen LogP contribution in [0.15, 0.2) is 24.3 Å². The maximum absolute atomic E-state index is 11.0. The van der Waals surface area contributed by atoms with E-state index in [0.29, 0.717) is 0 Å². The third-order valence-corrected chi connectivity index (χ3v) is 3.80. The molecule has 0 radical (unpaired) electrons. The third-order valence-electron chi connectivity index (χ3n) is 3.80. The van der Waals surface area contributed by atoms with Crippen molar-refractivity contribution in [2.24, 2.45) is 0 Å². The molecule has 3 nitrogen and oxygen atoms in total. The Morgan fingerprint density at radius 3 is 2.59 bits per heavy atom. The maximum atomic E-state index is 11.0. The van der Waals surface area contributed by atoms with Gasteiger partial charge in [0.2, 0.25) is 6.41 Å². The number of piperidine rings is 1. The van der Waals surface area contributed by atoms with Gasteiger partial charge in [0.05, 0.1) is 0 Å². The van der Waals surface area contributed by atoms with Crippen molar-refractivity contribution < 1.29 is 4.79 Å². The van der Waals surface area contributed by atoms with Crippen LogP contribution in [0.2, 0.25) is 0 Å². The molecule has 2 rings (SSSR count). The van der Waals surface area contributed by atoms with E-state index in [1.807, 2.05) is 19.2 Å². The molecule has 0 aliphatic carbocycles. The van der Waals surface area contributed by atoms with Gasteiger partial charge in [0.1, 0.15) is 0 Å². The van der Waals surface area contributed by atoms with Gasteiger partial charge in [-0.15, -0.1) is 0 Å². The standard InChI is InChI=1S/C14H20N2O/c1-14(7-9-15-10-8-14)12-5-3-4-6-13(12)16(2)11-17/h3-6,11,15H,7-10H2,1-2H3. The van der Waals surface area contributed by atoms with E-state index in [9.17, 15) is 4.79 Å². The van der Waals surface area contributed by atoms with Gasteiger partial charge in [-0.25, -0.2) is 0 Å². The average Bonchev–Trinajstić information content (AvgIpc) is 2.39. The zero-order valence-electron chi connectivity index (χ0n) is 10.6. The summed E-state index contributed by atoms with van der Waals surface area (Å²) in [6.07, 6.45) is 3.12. The molecule has 1 aliphatic heterocycles. The highest BCUT2D eigenvalue weighted by Gasteiger charge is 2.31. The van der Waals surface area contributed by atoms with Crippen LogP contribution in [0.4, 0.5) is 5.69 Å². The second-order valence-corrected chi connectivity index (χ2v) is 5.04. The van der Waals surface area contributed by atoms with Crippen molar-refractivity contribution in [1.29, 1.82) is 0 Å². The van der Waals surface area contributed by atoms with Crippen molar-refractivity contribution in [2.75, 3.05) is 25.0 Å². The predicted molar refractivity (Wildman–Crippen MR) is 70.4 cm³/mol. The van der Waals surface area contributed by atoms with Gasteiger partial charge in [-0.05, 0) is 43.0 Å². The number of amides is 1. The van der Waals surface area contributed by atoms with Gasteiger partial charge in [0.25, 0.3) is 0 Å². The van der Waals surface area contributed by atoms with E-state index in [-0.39, 0.29) is 5.41 Å². The van der Waals surface area contributed by atoms with Crippen molar-refractivity contribution in [1.82, 2.24) is 5.32 Å². The van der Waals surface area contributed by atoms with E-state index >= 15 is 0 Å². The summed E-state index contributed by atoms with van der Waals surface area (Å²) >= 11 is 0. The van der Waals surface area contributed by atoms with Crippen LogP contribution >= 0.6 is 0 Å². The zero-order chi connectivity index (χ0) is 12.3. The monoisotopic (exact) mass is 232 g/mol. The zero-order valence-corrected chi connectivity index (χ0v) is 10.6. The molecule has 0 saturated carbocycles. The number of hydrogen-bond acceptors (Lipinski definition) is 2. The van der Waals surface area contributed by atoms with Crippen LogP contribution in [0.1, 0.15) is 25.3 Å². The highest BCUT2D eigenvalue weighted by molar-refractivity contribution is 5.76. The minimum absolute atomic E-state index is 0.180. The summed E-state index contributed by atoms with van der Waals surface area (Å²) < 4.78 is 0. The Morgan fingerprint density at radius 1 is 1.29 bits per heavy atom. The van der Waals surface area contributed by atoms with E-state index in [4.69, 9.17) is 0 Å². The first-order valence-electron chi connectivity index (χ1n) is 6.16. The molecule has 1 amide bonds. The van der Waals surface area contributed by atoms with Crippen LogP contribution in [0.3, 0.4) is 0 Å². The summed E-state index contributed by atoms with van der Waals surface area (Å²) in [4.78, 5) is 12.6. The molecule has 1 N–H and O–H groups in total. The molecule has 1 fully saturated rings. The summed E-state index contributed by atoms with van der Waals surface area (Å²) in [5.41, 5.74) is 2.50. The molecule has 17 heavy (non-hydrogen) atoms. The van der Waals surface area contributed by atoms with Crippen LogP contribution < -0.4 is 10.2 Å². The lowest BCUT2D eigenvalue weighted by Gasteiger charge is -2.36. The fourth-order valence-electron chi connectivity index (χ4n) is 2.60. The van der Waals surface area contributed by atoms with Gasteiger partial charge < -0.3 is 10.2 Å². The lowest BCUT2D eigenvalue weighted by atomic mass is 9.74. The first-order chi connectivity index (χ1) is 8.17. The van der Waals surface area contributed by atoms with Crippen molar-refractivity contribution in [3.63, 3.8) is 0 Å². The van der Waals surface area contributed by atoms with Crippen LogP contribution in [-0.2, 0) is 10.2 Å². The molecule has 1 aromatic carbocycles. The van der Waals surface area contributed by atoms with E-state index in [1.54, 1.807) is 4.90 Å². The van der Waals surface area contributed by atoms with Crippen LogP contribution in [0.5, 0.6) is 0 Å². The molecule has 1 heterocycles. The van der Waals surface area contributed by atoms with Crippen molar-refractivity contribution in [2.45, 2.75) is 25.2 Å². The fraction of sp³-hybridized carbons (Fsp3) is 0.500. The Bertz CT molecular complexity index is 397. The fourth-order valence-corrected chi connectivity index (χ4v) is 2.60. The average molecular weight is 232 g/mol. The van der Waals surface area contributed by atoms with E-state index in [1.165, 1.54) is 5.56 Å². The van der Waals surface area contributed by atoms with Gasteiger partial charge in [0.15, 0.2) is 0 Å². The quantitative estimate of drug-likeness (QED) is 0.808. The molecule has 92 valence electrons. The Kier molecular flexibility index (Phi) is 3.48.